The quantitative estimate of drug-likeness (QED) is 0.566. The Morgan fingerprint density at radius 1 is 0.875 bits per heavy atom. The SMILES string of the molecule is CCS(=O)(=O)Nc1ccc(C2=NN(S(=O)(=O)c3ccccc3)[C@@H](c3ccccc3)C2)cc1. The van der Waals surface area contributed by atoms with E-state index >= 15 is 0 Å². The fourth-order valence-corrected chi connectivity index (χ4v) is 5.58. The summed E-state index contributed by atoms with van der Waals surface area (Å²) >= 11 is 0. The van der Waals surface area contributed by atoms with Crippen LogP contribution in [0.2, 0.25) is 0 Å². The third kappa shape index (κ3) is 4.53. The van der Waals surface area contributed by atoms with Crippen molar-refractivity contribution in [2.45, 2.75) is 24.3 Å². The number of rotatable bonds is 7. The number of sulfonamides is 2. The maximum Gasteiger partial charge on any atom is 0.279 e. The van der Waals surface area contributed by atoms with E-state index in [1.54, 1.807) is 61.5 Å². The Morgan fingerprint density at radius 2 is 1.47 bits per heavy atom. The molecule has 1 aliphatic rings. The van der Waals surface area contributed by atoms with Crippen LogP contribution in [-0.4, -0.2) is 32.7 Å². The summed E-state index contributed by atoms with van der Waals surface area (Å²) in [5.74, 6) is -0.0213. The first-order chi connectivity index (χ1) is 15.3. The largest absolute Gasteiger partial charge is 0.284 e. The molecule has 1 aliphatic heterocycles. The van der Waals surface area contributed by atoms with Gasteiger partial charge < -0.3 is 0 Å². The average molecular weight is 470 g/mol. The van der Waals surface area contributed by atoms with Crippen LogP contribution >= 0.6 is 0 Å². The standard InChI is InChI=1S/C23H23N3O4S2/c1-2-31(27,28)25-20-15-13-18(14-16-20)22-17-23(19-9-5-3-6-10-19)26(24-22)32(29,30)21-11-7-4-8-12-21/h3-16,23,25H,2,17H2,1H3/t23-/m1/s1. The molecule has 7 nitrogen and oxygen atoms in total. The van der Waals surface area contributed by atoms with E-state index in [0.717, 1.165) is 11.1 Å². The smallest absolute Gasteiger partial charge is 0.279 e. The Bertz CT molecular complexity index is 1320. The van der Waals surface area contributed by atoms with Crippen molar-refractivity contribution in [3.05, 3.63) is 96.1 Å². The van der Waals surface area contributed by atoms with Crippen LogP contribution in [0.5, 0.6) is 0 Å². The van der Waals surface area contributed by atoms with Crippen LogP contribution in [-0.2, 0) is 20.0 Å². The highest BCUT2D eigenvalue weighted by Crippen LogP contribution is 2.37. The summed E-state index contributed by atoms with van der Waals surface area (Å²) in [5, 5.41) is 4.51. The number of anilines is 1. The minimum absolute atomic E-state index is 0.0213. The molecule has 0 saturated heterocycles. The summed E-state index contributed by atoms with van der Waals surface area (Å²) in [4.78, 5) is 0.176. The molecule has 0 aliphatic carbocycles. The Hall–Kier alpha value is -3.17. The van der Waals surface area contributed by atoms with Gasteiger partial charge >= 0.3 is 0 Å². The molecular formula is C23H23N3O4S2. The van der Waals surface area contributed by atoms with E-state index < -0.39 is 26.1 Å². The van der Waals surface area contributed by atoms with Gasteiger partial charge in [-0.05, 0) is 42.3 Å². The van der Waals surface area contributed by atoms with Crippen molar-refractivity contribution < 1.29 is 16.8 Å². The van der Waals surface area contributed by atoms with Gasteiger partial charge in [-0.25, -0.2) is 8.42 Å². The van der Waals surface area contributed by atoms with Crippen LogP contribution in [0.25, 0.3) is 0 Å². The summed E-state index contributed by atoms with van der Waals surface area (Å²) in [7, 11) is -7.23. The van der Waals surface area contributed by atoms with Crippen molar-refractivity contribution in [1.82, 2.24) is 4.41 Å². The van der Waals surface area contributed by atoms with Gasteiger partial charge in [0.25, 0.3) is 10.0 Å². The van der Waals surface area contributed by atoms with Gasteiger partial charge in [-0.3, -0.25) is 4.72 Å². The molecule has 4 rings (SSSR count). The minimum Gasteiger partial charge on any atom is -0.284 e. The number of nitrogens with one attached hydrogen (secondary N) is 1. The molecule has 3 aromatic rings. The minimum atomic E-state index is -3.86. The zero-order valence-corrected chi connectivity index (χ0v) is 19.1. The summed E-state index contributed by atoms with van der Waals surface area (Å²) < 4.78 is 54.0. The molecule has 1 N–H and O–H groups in total. The number of hydrogen-bond donors (Lipinski definition) is 1. The average Bonchev–Trinajstić information content (AvgIpc) is 3.27. The molecule has 1 heterocycles. The van der Waals surface area contributed by atoms with Crippen molar-refractivity contribution >= 4 is 31.4 Å². The third-order valence-corrected chi connectivity index (χ3v) is 8.22. The molecule has 1 atom stereocenters. The molecule has 0 unspecified atom stereocenters. The molecule has 0 saturated carbocycles. The van der Waals surface area contributed by atoms with Gasteiger partial charge in [0.05, 0.1) is 22.4 Å². The topological polar surface area (TPSA) is 95.9 Å². The van der Waals surface area contributed by atoms with Crippen molar-refractivity contribution in [2.75, 3.05) is 10.5 Å². The summed E-state index contributed by atoms with van der Waals surface area (Å²) in [6, 6.07) is 23.9. The van der Waals surface area contributed by atoms with Crippen molar-refractivity contribution in [3.8, 4) is 0 Å². The summed E-state index contributed by atoms with van der Waals surface area (Å²) in [5.41, 5.74) is 2.64. The van der Waals surface area contributed by atoms with Crippen LogP contribution < -0.4 is 4.72 Å². The number of hydrogen-bond acceptors (Lipinski definition) is 5. The number of benzene rings is 3. The van der Waals surface area contributed by atoms with Gasteiger partial charge in [-0.1, -0.05) is 60.7 Å². The van der Waals surface area contributed by atoms with E-state index in [-0.39, 0.29) is 10.6 Å². The Morgan fingerprint density at radius 3 is 2.06 bits per heavy atom. The molecule has 0 spiro atoms. The zero-order chi connectivity index (χ0) is 22.8. The molecule has 3 aromatic carbocycles. The molecule has 0 amide bonds. The lowest BCUT2D eigenvalue weighted by molar-refractivity contribution is 0.371. The highest BCUT2D eigenvalue weighted by atomic mass is 32.2. The van der Waals surface area contributed by atoms with E-state index in [1.165, 1.54) is 4.41 Å². The molecule has 9 heteroatoms. The highest BCUT2D eigenvalue weighted by molar-refractivity contribution is 7.92. The molecule has 166 valence electrons. The van der Waals surface area contributed by atoms with E-state index in [4.69, 9.17) is 0 Å². The lowest BCUT2D eigenvalue weighted by Gasteiger charge is -2.23. The maximum atomic E-state index is 13.4. The summed E-state index contributed by atoms with van der Waals surface area (Å²) in [6.07, 6.45) is 0.399. The molecule has 0 radical (unpaired) electrons. The van der Waals surface area contributed by atoms with Crippen molar-refractivity contribution in [1.29, 1.82) is 0 Å². The second kappa shape index (κ2) is 8.76. The van der Waals surface area contributed by atoms with Gasteiger partial charge in [0.1, 0.15) is 0 Å². The van der Waals surface area contributed by atoms with Gasteiger partial charge in [0, 0.05) is 12.1 Å². The highest BCUT2D eigenvalue weighted by Gasteiger charge is 2.37. The number of hydrazone groups is 1. The van der Waals surface area contributed by atoms with E-state index in [2.05, 4.69) is 9.82 Å². The van der Waals surface area contributed by atoms with Crippen LogP contribution in [0.1, 0.15) is 30.5 Å². The predicted octanol–water partition coefficient (Wildman–Crippen LogP) is 3.99. The molecule has 32 heavy (non-hydrogen) atoms. The van der Waals surface area contributed by atoms with E-state index in [0.29, 0.717) is 17.8 Å². The maximum absolute atomic E-state index is 13.4. The monoisotopic (exact) mass is 469 g/mol. The Kier molecular flexibility index (Phi) is 6.03. The predicted molar refractivity (Wildman–Crippen MR) is 125 cm³/mol. The van der Waals surface area contributed by atoms with E-state index in [1.807, 2.05) is 30.3 Å². The third-order valence-electron chi connectivity index (χ3n) is 5.22. The number of nitrogens with zero attached hydrogens (tertiary/aromatic N) is 2. The molecular weight excluding hydrogens is 446 g/mol. The fraction of sp³-hybridized carbons (Fsp3) is 0.174. The Balaban J connectivity index is 1.70. The van der Waals surface area contributed by atoms with Crippen molar-refractivity contribution in [2.24, 2.45) is 5.10 Å². The lowest BCUT2D eigenvalue weighted by atomic mass is 9.99. The van der Waals surface area contributed by atoms with Crippen LogP contribution in [0.3, 0.4) is 0 Å². The van der Waals surface area contributed by atoms with E-state index in [9.17, 15) is 16.8 Å². The van der Waals surface area contributed by atoms with Crippen LogP contribution in [0.4, 0.5) is 5.69 Å². The molecule has 0 fully saturated rings. The van der Waals surface area contributed by atoms with Crippen molar-refractivity contribution in [3.63, 3.8) is 0 Å². The molecule has 0 bridgehead atoms. The normalized spacial score (nSPS) is 16.6. The van der Waals surface area contributed by atoms with Crippen LogP contribution in [0, 0.1) is 0 Å². The fourth-order valence-electron chi connectivity index (χ4n) is 3.49. The first-order valence-corrected chi connectivity index (χ1v) is 13.2. The van der Waals surface area contributed by atoms with Crippen LogP contribution in [0.15, 0.2) is 94.9 Å². The lowest BCUT2D eigenvalue weighted by Crippen LogP contribution is -2.27. The van der Waals surface area contributed by atoms with Gasteiger partial charge in [0.15, 0.2) is 0 Å². The first kappa shape index (κ1) is 22.0. The Labute approximate surface area is 188 Å². The molecule has 0 aromatic heterocycles. The van der Waals surface area contributed by atoms with Gasteiger partial charge in [-0.2, -0.15) is 17.9 Å². The zero-order valence-electron chi connectivity index (χ0n) is 17.4. The second-order valence-corrected chi connectivity index (χ2v) is 11.2. The van der Waals surface area contributed by atoms with Gasteiger partial charge in [-0.15, -0.1) is 0 Å². The summed E-state index contributed by atoms with van der Waals surface area (Å²) in [6.45, 7) is 1.56. The first-order valence-electron chi connectivity index (χ1n) is 10.1. The van der Waals surface area contributed by atoms with Gasteiger partial charge in [0.2, 0.25) is 10.0 Å². The second-order valence-electron chi connectivity index (χ2n) is 7.35.